The van der Waals surface area contributed by atoms with Crippen molar-refractivity contribution in [2.24, 2.45) is 0 Å². The number of hydrogen-bond donors (Lipinski definition) is 2. The highest BCUT2D eigenvalue weighted by molar-refractivity contribution is 5.53. The molecule has 2 heterocycles. The molecule has 1 fully saturated rings. The second-order valence-electron chi connectivity index (χ2n) is 4.33. The van der Waals surface area contributed by atoms with Crippen LogP contribution in [0.2, 0.25) is 0 Å². The summed E-state index contributed by atoms with van der Waals surface area (Å²) in [5.74, 6) is 0. The van der Waals surface area contributed by atoms with Crippen molar-refractivity contribution >= 4 is 5.69 Å². The number of pyridine rings is 1. The third-order valence-corrected chi connectivity index (χ3v) is 3.07. The van der Waals surface area contributed by atoms with Gasteiger partial charge in [0.25, 0.3) is 0 Å². The summed E-state index contributed by atoms with van der Waals surface area (Å²) in [4.78, 5) is 6.40. The summed E-state index contributed by atoms with van der Waals surface area (Å²) in [7, 11) is 0. The highest BCUT2D eigenvalue weighted by atomic mass is 16.3. The molecule has 2 rings (SSSR count). The smallest absolute Gasteiger partial charge is 0.0717 e. The molecule has 16 heavy (non-hydrogen) atoms. The largest absolute Gasteiger partial charge is 0.393 e. The van der Waals surface area contributed by atoms with Gasteiger partial charge < -0.3 is 15.1 Å². The maximum Gasteiger partial charge on any atom is 0.0717 e. The van der Waals surface area contributed by atoms with E-state index in [0.29, 0.717) is 0 Å². The third-order valence-electron chi connectivity index (χ3n) is 3.07. The topological polar surface area (TPSA) is 56.6 Å². The number of aryl methyl sites for hydroxylation is 1. The Morgan fingerprint density at radius 1 is 1.44 bits per heavy atom. The molecule has 1 aromatic heterocycles. The molecular weight excluding hydrogens is 204 g/mol. The number of piperidine rings is 1. The Hall–Kier alpha value is -1.13. The summed E-state index contributed by atoms with van der Waals surface area (Å²) in [6, 6.07) is 2.00. The van der Waals surface area contributed by atoms with Gasteiger partial charge >= 0.3 is 0 Å². The number of aromatic nitrogens is 1. The molecule has 1 aromatic rings. The van der Waals surface area contributed by atoms with Crippen molar-refractivity contribution in [3.63, 3.8) is 0 Å². The summed E-state index contributed by atoms with van der Waals surface area (Å²) >= 11 is 0. The molecule has 0 bridgehead atoms. The van der Waals surface area contributed by atoms with E-state index in [1.54, 1.807) is 6.20 Å². The number of nitrogens with zero attached hydrogens (tertiary/aromatic N) is 2. The molecule has 1 saturated heterocycles. The van der Waals surface area contributed by atoms with E-state index < -0.39 is 0 Å². The average molecular weight is 222 g/mol. The standard InChI is InChI=1S/C12H18N2O2/c1-9-6-12(10(8-15)7-13-9)14-4-2-11(16)3-5-14/h6-7,11,15-16H,2-5,8H2,1H3. The molecule has 2 N–H and O–H groups in total. The Balaban J connectivity index is 2.21. The van der Waals surface area contributed by atoms with Crippen LogP contribution in [0.3, 0.4) is 0 Å². The Morgan fingerprint density at radius 3 is 2.75 bits per heavy atom. The minimum absolute atomic E-state index is 0.0155. The molecule has 4 nitrogen and oxygen atoms in total. The fraction of sp³-hybridized carbons (Fsp3) is 0.583. The van der Waals surface area contributed by atoms with E-state index in [0.717, 1.165) is 42.9 Å². The van der Waals surface area contributed by atoms with Gasteiger partial charge in [-0.3, -0.25) is 4.98 Å². The van der Waals surface area contributed by atoms with Crippen LogP contribution in [-0.4, -0.2) is 34.4 Å². The van der Waals surface area contributed by atoms with Gasteiger partial charge in [-0.2, -0.15) is 0 Å². The minimum Gasteiger partial charge on any atom is -0.393 e. The van der Waals surface area contributed by atoms with E-state index in [-0.39, 0.29) is 12.7 Å². The fourth-order valence-electron chi connectivity index (χ4n) is 2.10. The number of aliphatic hydroxyl groups is 2. The summed E-state index contributed by atoms with van der Waals surface area (Å²) in [6.45, 7) is 3.65. The molecule has 4 heteroatoms. The van der Waals surface area contributed by atoms with Gasteiger partial charge in [0.15, 0.2) is 0 Å². The van der Waals surface area contributed by atoms with Crippen molar-refractivity contribution in [3.8, 4) is 0 Å². The van der Waals surface area contributed by atoms with Gasteiger partial charge in [-0.25, -0.2) is 0 Å². The Morgan fingerprint density at radius 2 is 2.12 bits per heavy atom. The number of rotatable bonds is 2. The van der Waals surface area contributed by atoms with Crippen LogP contribution in [0.4, 0.5) is 5.69 Å². The SMILES string of the molecule is Cc1cc(N2CCC(O)CC2)c(CO)cn1. The summed E-state index contributed by atoms with van der Waals surface area (Å²) < 4.78 is 0. The lowest BCUT2D eigenvalue weighted by atomic mass is 10.1. The van der Waals surface area contributed by atoms with Crippen LogP contribution < -0.4 is 4.90 Å². The molecule has 0 amide bonds. The zero-order valence-corrected chi connectivity index (χ0v) is 9.56. The van der Waals surface area contributed by atoms with Gasteiger partial charge in [-0.1, -0.05) is 0 Å². The van der Waals surface area contributed by atoms with Gasteiger partial charge in [0.2, 0.25) is 0 Å². The predicted octanol–water partition coefficient (Wildman–Crippen LogP) is 0.843. The zero-order chi connectivity index (χ0) is 11.5. The van der Waals surface area contributed by atoms with Crippen molar-refractivity contribution in [1.82, 2.24) is 4.98 Å². The van der Waals surface area contributed by atoms with E-state index in [1.165, 1.54) is 0 Å². The molecule has 0 aromatic carbocycles. The number of aliphatic hydroxyl groups excluding tert-OH is 2. The zero-order valence-electron chi connectivity index (χ0n) is 9.56. The molecule has 0 spiro atoms. The van der Waals surface area contributed by atoms with Gasteiger partial charge in [0, 0.05) is 36.2 Å². The molecule has 1 aliphatic rings. The molecule has 0 radical (unpaired) electrons. The molecule has 88 valence electrons. The Bertz CT molecular complexity index is 360. The first-order valence-corrected chi connectivity index (χ1v) is 5.70. The van der Waals surface area contributed by atoms with E-state index in [2.05, 4.69) is 9.88 Å². The maximum atomic E-state index is 9.47. The van der Waals surface area contributed by atoms with Crippen LogP contribution in [0.15, 0.2) is 12.3 Å². The van der Waals surface area contributed by atoms with Crippen molar-refractivity contribution in [2.45, 2.75) is 32.5 Å². The van der Waals surface area contributed by atoms with Crippen molar-refractivity contribution in [2.75, 3.05) is 18.0 Å². The molecule has 0 aliphatic carbocycles. The molecular formula is C12H18N2O2. The normalized spacial score (nSPS) is 17.8. The predicted molar refractivity (Wildman–Crippen MR) is 62.4 cm³/mol. The van der Waals surface area contributed by atoms with Gasteiger partial charge in [0.05, 0.1) is 12.7 Å². The monoisotopic (exact) mass is 222 g/mol. The van der Waals surface area contributed by atoms with Crippen LogP contribution in [0.1, 0.15) is 24.1 Å². The third kappa shape index (κ3) is 2.33. The van der Waals surface area contributed by atoms with Crippen LogP contribution in [0.25, 0.3) is 0 Å². The molecule has 1 aliphatic heterocycles. The lowest BCUT2D eigenvalue weighted by molar-refractivity contribution is 0.145. The number of hydrogen-bond acceptors (Lipinski definition) is 4. The van der Waals surface area contributed by atoms with Crippen LogP contribution >= 0.6 is 0 Å². The maximum absolute atomic E-state index is 9.47. The van der Waals surface area contributed by atoms with Crippen molar-refractivity contribution in [3.05, 3.63) is 23.5 Å². The first kappa shape index (κ1) is 11.4. The van der Waals surface area contributed by atoms with E-state index in [9.17, 15) is 10.2 Å². The molecule has 0 atom stereocenters. The Labute approximate surface area is 95.5 Å². The lowest BCUT2D eigenvalue weighted by Crippen LogP contribution is -2.36. The average Bonchev–Trinajstić information content (AvgIpc) is 2.30. The second-order valence-corrected chi connectivity index (χ2v) is 4.33. The van der Waals surface area contributed by atoms with Crippen LogP contribution in [0.5, 0.6) is 0 Å². The first-order valence-electron chi connectivity index (χ1n) is 5.70. The van der Waals surface area contributed by atoms with Crippen molar-refractivity contribution < 1.29 is 10.2 Å². The first-order chi connectivity index (χ1) is 7.70. The van der Waals surface area contributed by atoms with Gasteiger partial charge in [-0.05, 0) is 25.8 Å². The van der Waals surface area contributed by atoms with Gasteiger partial charge in [-0.15, -0.1) is 0 Å². The highest BCUT2D eigenvalue weighted by Crippen LogP contribution is 2.24. The van der Waals surface area contributed by atoms with E-state index >= 15 is 0 Å². The minimum atomic E-state index is -0.170. The fourth-order valence-corrected chi connectivity index (χ4v) is 2.10. The summed E-state index contributed by atoms with van der Waals surface area (Å²) in [6.07, 6.45) is 3.16. The van der Waals surface area contributed by atoms with Gasteiger partial charge in [0.1, 0.15) is 0 Å². The second kappa shape index (κ2) is 4.80. The quantitative estimate of drug-likeness (QED) is 0.778. The van der Waals surface area contributed by atoms with Crippen LogP contribution in [-0.2, 0) is 6.61 Å². The summed E-state index contributed by atoms with van der Waals surface area (Å²) in [5, 5.41) is 18.7. The van der Waals surface area contributed by atoms with Crippen LogP contribution in [0, 0.1) is 6.92 Å². The Kier molecular flexibility index (Phi) is 3.41. The highest BCUT2D eigenvalue weighted by Gasteiger charge is 2.19. The molecule has 0 saturated carbocycles. The number of anilines is 1. The molecule has 0 unspecified atom stereocenters. The summed E-state index contributed by atoms with van der Waals surface area (Å²) in [5.41, 5.74) is 2.88. The van der Waals surface area contributed by atoms with E-state index in [1.807, 2.05) is 13.0 Å². The van der Waals surface area contributed by atoms with E-state index in [4.69, 9.17) is 0 Å². The lowest BCUT2D eigenvalue weighted by Gasteiger charge is -2.32. The van der Waals surface area contributed by atoms with Crippen molar-refractivity contribution in [1.29, 1.82) is 0 Å².